The Morgan fingerprint density at radius 3 is 2.57 bits per heavy atom. The lowest BCUT2D eigenvalue weighted by Gasteiger charge is -2.15. The molecule has 0 spiro atoms. The first-order valence-corrected chi connectivity index (χ1v) is 7.69. The van der Waals surface area contributed by atoms with Crippen LogP contribution in [0.5, 0.6) is 0 Å². The van der Waals surface area contributed by atoms with Crippen LogP contribution in [-0.2, 0) is 14.3 Å². The number of carbonyl (C=O) groups excluding carboxylic acids is 3. The second-order valence-electron chi connectivity index (χ2n) is 5.78. The van der Waals surface area contributed by atoms with Crippen LogP contribution in [0.4, 0.5) is 5.69 Å². The molecule has 0 saturated heterocycles. The van der Waals surface area contributed by atoms with Gasteiger partial charge in [-0.05, 0) is 38.3 Å². The van der Waals surface area contributed by atoms with E-state index in [1.165, 1.54) is 6.92 Å². The summed E-state index contributed by atoms with van der Waals surface area (Å²) in [5.41, 5.74) is 0.0806. The van der Waals surface area contributed by atoms with E-state index in [1.54, 1.807) is 31.4 Å². The molecule has 0 atom stereocenters. The number of nitrogens with one attached hydrogen (secondary N) is 2. The molecule has 6 nitrogen and oxygen atoms in total. The van der Waals surface area contributed by atoms with Crippen LogP contribution >= 0.6 is 0 Å². The molecule has 124 valence electrons. The minimum Gasteiger partial charge on any atom is -0.385 e. The summed E-state index contributed by atoms with van der Waals surface area (Å²) in [6.07, 6.45) is 1.79. The molecule has 0 heterocycles. The lowest BCUT2D eigenvalue weighted by Crippen LogP contribution is -2.40. The number of rotatable bonds is 8. The van der Waals surface area contributed by atoms with Crippen LogP contribution in [0.3, 0.4) is 0 Å². The number of carbonyl (C=O) groups is 3. The maximum atomic E-state index is 12.4. The van der Waals surface area contributed by atoms with Crippen LogP contribution in [0, 0.1) is 5.41 Å². The number of Topliss-reactive ketones (excluding diaryl/α,β-unsaturated/α-hetero) is 1. The van der Waals surface area contributed by atoms with Gasteiger partial charge in [0.05, 0.1) is 0 Å². The lowest BCUT2D eigenvalue weighted by molar-refractivity contribution is -0.134. The highest BCUT2D eigenvalue weighted by Gasteiger charge is 2.56. The van der Waals surface area contributed by atoms with E-state index >= 15 is 0 Å². The SMILES string of the molecule is COCCCNC(=O)C1(C(=O)Nc2cccc(C(C)=O)c2)CC1. The number of hydrogen-bond acceptors (Lipinski definition) is 4. The zero-order valence-corrected chi connectivity index (χ0v) is 13.5. The van der Waals surface area contributed by atoms with Crippen molar-refractivity contribution in [3.05, 3.63) is 29.8 Å². The summed E-state index contributed by atoms with van der Waals surface area (Å²) < 4.78 is 4.92. The molecule has 1 aromatic rings. The van der Waals surface area contributed by atoms with E-state index in [4.69, 9.17) is 4.74 Å². The van der Waals surface area contributed by atoms with Crippen molar-refractivity contribution < 1.29 is 19.1 Å². The van der Waals surface area contributed by atoms with Gasteiger partial charge in [-0.15, -0.1) is 0 Å². The van der Waals surface area contributed by atoms with Gasteiger partial charge in [-0.2, -0.15) is 0 Å². The molecule has 1 aliphatic carbocycles. The summed E-state index contributed by atoms with van der Waals surface area (Å²) in [5.74, 6) is -0.630. The molecule has 23 heavy (non-hydrogen) atoms. The molecule has 1 fully saturated rings. The van der Waals surface area contributed by atoms with Gasteiger partial charge in [-0.3, -0.25) is 14.4 Å². The Bertz CT molecular complexity index is 608. The van der Waals surface area contributed by atoms with Crippen molar-refractivity contribution >= 4 is 23.3 Å². The normalized spacial score (nSPS) is 14.9. The van der Waals surface area contributed by atoms with E-state index < -0.39 is 5.41 Å². The molecular formula is C17H22N2O4. The minimum absolute atomic E-state index is 0.0712. The van der Waals surface area contributed by atoms with Gasteiger partial charge in [0.15, 0.2) is 5.78 Å². The van der Waals surface area contributed by atoms with Crippen molar-refractivity contribution in [3.8, 4) is 0 Å². The van der Waals surface area contributed by atoms with Crippen LogP contribution in [-0.4, -0.2) is 37.9 Å². The Morgan fingerprint density at radius 2 is 1.96 bits per heavy atom. The van der Waals surface area contributed by atoms with Crippen molar-refractivity contribution in [1.29, 1.82) is 0 Å². The van der Waals surface area contributed by atoms with Gasteiger partial charge >= 0.3 is 0 Å². The number of benzene rings is 1. The maximum absolute atomic E-state index is 12.4. The van der Waals surface area contributed by atoms with Crippen LogP contribution < -0.4 is 10.6 Å². The van der Waals surface area contributed by atoms with Crippen LogP contribution in [0.15, 0.2) is 24.3 Å². The first-order chi connectivity index (χ1) is 11.0. The molecule has 2 N–H and O–H groups in total. The Kier molecular flexibility index (Phi) is 5.50. The van der Waals surface area contributed by atoms with Crippen molar-refractivity contribution in [2.45, 2.75) is 26.2 Å². The quantitative estimate of drug-likeness (QED) is 0.434. The van der Waals surface area contributed by atoms with E-state index in [0.717, 1.165) is 0 Å². The van der Waals surface area contributed by atoms with Crippen molar-refractivity contribution in [2.75, 3.05) is 25.6 Å². The Labute approximate surface area is 135 Å². The van der Waals surface area contributed by atoms with Crippen molar-refractivity contribution in [2.24, 2.45) is 5.41 Å². The molecule has 1 saturated carbocycles. The van der Waals surface area contributed by atoms with Gasteiger partial charge in [-0.1, -0.05) is 12.1 Å². The molecule has 2 rings (SSSR count). The van der Waals surface area contributed by atoms with Crippen molar-refractivity contribution in [3.63, 3.8) is 0 Å². The summed E-state index contributed by atoms with van der Waals surface area (Å²) in [5, 5.41) is 5.53. The molecule has 2 amide bonds. The maximum Gasteiger partial charge on any atom is 0.240 e. The average Bonchev–Trinajstić information content (AvgIpc) is 3.33. The van der Waals surface area contributed by atoms with E-state index in [-0.39, 0.29) is 17.6 Å². The Morgan fingerprint density at radius 1 is 1.22 bits per heavy atom. The molecule has 0 bridgehead atoms. The zero-order valence-electron chi connectivity index (χ0n) is 13.5. The van der Waals surface area contributed by atoms with Crippen LogP contribution in [0.1, 0.15) is 36.5 Å². The van der Waals surface area contributed by atoms with Gasteiger partial charge < -0.3 is 15.4 Å². The smallest absolute Gasteiger partial charge is 0.240 e. The molecule has 0 aromatic heterocycles. The van der Waals surface area contributed by atoms with E-state index in [0.29, 0.717) is 43.7 Å². The summed E-state index contributed by atoms with van der Waals surface area (Å²) in [6, 6.07) is 6.72. The first-order valence-electron chi connectivity index (χ1n) is 7.69. The standard InChI is InChI=1S/C17H22N2O4/c1-12(20)13-5-3-6-14(11-13)19-16(22)17(7-8-17)15(21)18-9-4-10-23-2/h3,5-6,11H,4,7-10H2,1-2H3,(H,18,21)(H,19,22). The molecule has 0 unspecified atom stereocenters. The zero-order chi connectivity index (χ0) is 16.9. The molecule has 1 aliphatic rings. The second-order valence-corrected chi connectivity index (χ2v) is 5.78. The first kappa shape index (κ1) is 17.1. The van der Waals surface area contributed by atoms with E-state index in [9.17, 15) is 14.4 Å². The lowest BCUT2D eigenvalue weighted by atomic mass is 10.0. The van der Waals surface area contributed by atoms with Gasteiger partial charge in [0.2, 0.25) is 11.8 Å². The van der Waals surface area contributed by atoms with E-state index in [1.807, 2.05) is 0 Å². The van der Waals surface area contributed by atoms with Gasteiger partial charge in [0.1, 0.15) is 5.41 Å². The highest BCUT2D eigenvalue weighted by Crippen LogP contribution is 2.46. The third-order valence-corrected chi connectivity index (χ3v) is 3.96. The molecular weight excluding hydrogens is 296 g/mol. The molecule has 6 heteroatoms. The second kappa shape index (κ2) is 7.37. The highest BCUT2D eigenvalue weighted by atomic mass is 16.5. The monoisotopic (exact) mass is 318 g/mol. The molecule has 1 aromatic carbocycles. The largest absolute Gasteiger partial charge is 0.385 e. The number of hydrogen-bond donors (Lipinski definition) is 2. The number of methoxy groups -OCH3 is 1. The van der Waals surface area contributed by atoms with Gasteiger partial charge in [-0.25, -0.2) is 0 Å². The number of anilines is 1. The fourth-order valence-corrected chi connectivity index (χ4v) is 2.34. The highest BCUT2D eigenvalue weighted by molar-refractivity contribution is 6.13. The fourth-order valence-electron chi connectivity index (χ4n) is 2.34. The number of ether oxygens (including phenoxy) is 1. The minimum atomic E-state index is -0.973. The number of amides is 2. The van der Waals surface area contributed by atoms with Gasteiger partial charge in [0, 0.05) is 31.5 Å². The predicted molar refractivity (Wildman–Crippen MR) is 86.2 cm³/mol. The average molecular weight is 318 g/mol. The van der Waals surface area contributed by atoms with Crippen molar-refractivity contribution in [1.82, 2.24) is 5.32 Å². The predicted octanol–water partition coefficient (Wildman–Crippen LogP) is 1.76. The van der Waals surface area contributed by atoms with Crippen LogP contribution in [0.25, 0.3) is 0 Å². The van der Waals surface area contributed by atoms with Crippen LogP contribution in [0.2, 0.25) is 0 Å². The van der Waals surface area contributed by atoms with E-state index in [2.05, 4.69) is 10.6 Å². The fraction of sp³-hybridized carbons (Fsp3) is 0.471. The third-order valence-electron chi connectivity index (χ3n) is 3.96. The summed E-state index contributed by atoms with van der Waals surface area (Å²) >= 11 is 0. The Balaban J connectivity index is 1.95. The summed E-state index contributed by atoms with van der Waals surface area (Å²) in [4.78, 5) is 36.0. The third kappa shape index (κ3) is 4.16. The Hall–Kier alpha value is -2.21. The molecule has 0 radical (unpaired) electrons. The summed E-state index contributed by atoms with van der Waals surface area (Å²) in [7, 11) is 1.60. The van der Waals surface area contributed by atoms with Gasteiger partial charge in [0.25, 0.3) is 0 Å². The number of ketones is 1. The molecule has 0 aliphatic heterocycles. The summed E-state index contributed by atoms with van der Waals surface area (Å²) in [6.45, 7) is 2.52. The topological polar surface area (TPSA) is 84.5 Å².